The average Bonchev–Trinajstić information content (AvgIpc) is 2.32. The predicted molar refractivity (Wildman–Crippen MR) is 76.1 cm³/mol. The Morgan fingerprint density at radius 2 is 1.88 bits per heavy atom. The van der Waals surface area contributed by atoms with Crippen molar-refractivity contribution in [2.75, 3.05) is 6.54 Å². The first kappa shape index (κ1) is 14.7. The number of rotatable bonds is 6. The second-order valence-electron chi connectivity index (χ2n) is 4.74. The Labute approximate surface area is 113 Å². The van der Waals surface area contributed by atoms with Crippen LogP contribution in [0.2, 0.25) is 0 Å². The third-order valence-electron chi connectivity index (χ3n) is 3.17. The molecule has 0 radical (unpaired) electrons. The third-order valence-corrected chi connectivity index (χ3v) is 3.70. The van der Waals surface area contributed by atoms with Crippen molar-refractivity contribution < 1.29 is 5.11 Å². The van der Waals surface area contributed by atoms with E-state index in [0.717, 1.165) is 17.3 Å². The van der Waals surface area contributed by atoms with E-state index in [1.807, 2.05) is 13.8 Å². The van der Waals surface area contributed by atoms with Crippen LogP contribution in [0.1, 0.15) is 45.2 Å². The van der Waals surface area contributed by atoms with Crippen molar-refractivity contribution in [1.82, 2.24) is 5.32 Å². The lowest BCUT2D eigenvalue weighted by molar-refractivity contribution is 0.0526. The molecular formula is C14H22BrNO. The molecule has 0 saturated carbocycles. The van der Waals surface area contributed by atoms with Gasteiger partial charge in [0.15, 0.2) is 0 Å². The van der Waals surface area contributed by atoms with Crippen molar-refractivity contribution in [3.05, 3.63) is 34.3 Å². The molecule has 2 atom stereocenters. The molecule has 2 N–H and O–H groups in total. The highest BCUT2D eigenvalue weighted by Crippen LogP contribution is 2.20. The largest absolute Gasteiger partial charge is 0.389 e. The molecule has 0 spiro atoms. The van der Waals surface area contributed by atoms with Crippen LogP contribution in [0, 0.1) is 0 Å². The Morgan fingerprint density at radius 3 is 2.35 bits per heavy atom. The van der Waals surface area contributed by atoms with Crippen LogP contribution < -0.4 is 5.32 Å². The van der Waals surface area contributed by atoms with Crippen molar-refractivity contribution in [2.45, 2.75) is 45.3 Å². The lowest BCUT2D eigenvalue weighted by Gasteiger charge is -2.26. The van der Waals surface area contributed by atoms with E-state index in [0.29, 0.717) is 12.6 Å². The van der Waals surface area contributed by atoms with Crippen LogP contribution in [-0.2, 0) is 0 Å². The molecular weight excluding hydrogens is 278 g/mol. The van der Waals surface area contributed by atoms with Gasteiger partial charge in [0.25, 0.3) is 0 Å². The summed E-state index contributed by atoms with van der Waals surface area (Å²) in [5.74, 6) is 0. The molecule has 0 aliphatic carbocycles. The molecule has 2 unspecified atom stereocenters. The second-order valence-corrected chi connectivity index (χ2v) is 5.66. The first-order chi connectivity index (χ1) is 7.98. The molecule has 0 amide bonds. The van der Waals surface area contributed by atoms with Crippen LogP contribution in [0.4, 0.5) is 0 Å². The quantitative estimate of drug-likeness (QED) is 0.840. The lowest BCUT2D eigenvalue weighted by Crippen LogP contribution is -2.38. The Hall–Kier alpha value is -0.380. The minimum Gasteiger partial charge on any atom is -0.389 e. The summed E-state index contributed by atoms with van der Waals surface area (Å²) in [6, 6.07) is 8.65. The number of halogens is 1. The van der Waals surface area contributed by atoms with Crippen LogP contribution in [0.5, 0.6) is 0 Å². The monoisotopic (exact) mass is 299 g/mol. The van der Waals surface area contributed by atoms with E-state index in [9.17, 15) is 5.11 Å². The molecule has 1 aromatic carbocycles. The number of benzene rings is 1. The number of hydrogen-bond acceptors (Lipinski definition) is 2. The average molecular weight is 300 g/mol. The van der Waals surface area contributed by atoms with Crippen LogP contribution in [0.15, 0.2) is 28.7 Å². The molecule has 0 heterocycles. The number of hydrogen-bond donors (Lipinski definition) is 2. The highest BCUT2D eigenvalue weighted by atomic mass is 79.9. The highest BCUT2D eigenvalue weighted by Gasteiger charge is 2.19. The fourth-order valence-electron chi connectivity index (χ4n) is 1.66. The normalized spacial score (nSPS) is 16.5. The third kappa shape index (κ3) is 4.78. The van der Waals surface area contributed by atoms with Gasteiger partial charge in [0.05, 0.1) is 5.60 Å². The Kier molecular flexibility index (Phi) is 5.63. The summed E-state index contributed by atoms with van der Waals surface area (Å²) >= 11 is 3.44. The van der Waals surface area contributed by atoms with Crippen LogP contribution >= 0.6 is 15.9 Å². The molecule has 2 nitrogen and oxygen atoms in total. The van der Waals surface area contributed by atoms with E-state index < -0.39 is 5.60 Å². The summed E-state index contributed by atoms with van der Waals surface area (Å²) in [7, 11) is 0. The molecule has 0 aromatic heterocycles. The van der Waals surface area contributed by atoms with Gasteiger partial charge < -0.3 is 10.4 Å². The minimum absolute atomic E-state index is 0.307. The van der Waals surface area contributed by atoms with Crippen molar-refractivity contribution in [2.24, 2.45) is 0 Å². The van der Waals surface area contributed by atoms with Crippen LogP contribution in [0.3, 0.4) is 0 Å². The van der Waals surface area contributed by atoms with Gasteiger partial charge in [-0.2, -0.15) is 0 Å². The Morgan fingerprint density at radius 1 is 1.29 bits per heavy atom. The molecule has 1 rings (SSSR count). The lowest BCUT2D eigenvalue weighted by atomic mass is 10.0. The molecule has 0 aliphatic heterocycles. The summed E-state index contributed by atoms with van der Waals surface area (Å²) in [6.07, 6.45) is 1.78. The first-order valence-electron chi connectivity index (χ1n) is 6.19. The van der Waals surface area contributed by atoms with Crippen molar-refractivity contribution in [3.63, 3.8) is 0 Å². The minimum atomic E-state index is -0.622. The fraction of sp³-hybridized carbons (Fsp3) is 0.571. The maximum atomic E-state index is 9.99. The Bertz CT molecular complexity index is 335. The molecule has 0 bridgehead atoms. The predicted octanol–water partition coefficient (Wildman–Crippen LogP) is 3.65. The van der Waals surface area contributed by atoms with Gasteiger partial charge in [0, 0.05) is 17.1 Å². The molecule has 1 aromatic rings. The van der Waals surface area contributed by atoms with Gasteiger partial charge in [-0.05, 0) is 37.5 Å². The van der Waals surface area contributed by atoms with Crippen molar-refractivity contribution in [1.29, 1.82) is 0 Å². The summed E-state index contributed by atoms with van der Waals surface area (Å²) < 4.78 is 1.09. The Balaban J connectivity index is 2.63. The molecule has 0 aliphatic rings. The molecule has 3 heteroatoms. The van der Waals surface area contributed by atoms with E-state index in [1.165, 1.54) is 5.56 Å². The van der Waals surface area contributed by atoms with Gasteiger partial charge in [0.1, 0.15) is 0 Å². The maximum Gasteiger partial charge on any atom is 0.0741 e. The summed E-state index contributed by atoms with van der Waals surface area (Å²) in [5.41, 5.74) is 0.644. The molecule has 96 valence electrons. The van der Waals surface area contributed by atoms with Gasteiger partial charge in [-0.1, -0.05) is 41.9 Å². The molecule has 0 fully saturated rings. The van der Waals surface area contributed by atoms with Gasteiger partial charge in [0.2, 0.25) is 0 Å². The number of aliphatic hydroxyl groups is 1. The summed E-state index contributed by atoms with van der Waals surface area (Å²) in [6.45, 7) is 6.65. The van der Waals surface area contributed by atoms with Crippen molar-refractivity contribution >= 4 is 15.9 Å². The van der Waals surface area contributed by atoms with Crippen molar-refractivity contribution in [3.8, 4) is 0 Å². The smallest absolute Gasteiger partial charge is 0.0741 e. The van der Waals surface area contributed by atoms with E-state index in [4.69, 9.17) is 0 Å². The van der Waals surface area contributed by atoms with E-state index in [2.05, 4.69) is 52.4 Å². The number of nitrogens with one attached hydrogen (secondary N) is 1. The standard InChI is InChI=1S/C14H22BrNO/c1-4-13(16-10-14(3,17)5-2)11-6-8-12(15)9-7-11/h6-9,13,16-17H,4-5,10H2,1-3H3. The molecule has 0 saturated heterocycles. The zero-order valence-electron chi connectivity index (χ0n) is 10.8. The van der Waals surface area contributed by atoms with Gasteiger partial charge in [-0.3, -0.25) is 0 Å². The molecule has 17 heavy (non-hydrogen) atoms. The van der Waals surface area contributed by atoms with Gasteiger partial charge in [-0.25, -0.2) is 0 Å². The second kappa shape index (κ2) is 6.53. The zero-order chi connectivity index (χ0) is 12.9. The van der Waals surface area contributed by atoms with Gasteiger partial charge >= 0.3 is 0 Å². The van der Waals surface area contributed by atoms with Crippen LogP contribution in [0.25, 0.3) is 0 Å². The summed E-state index contributed by atoms with van der Waals surface area (Å²) in [5, 5.41) is 13.4. The van der Waals surface area contributed by atoms with Gasteiger partial charge in [-0.15, -0.1) is 0 Å². The van der Waals surface area contributed by atoms with E-state index in [1.54, 1.807) is 0 Å². The SMILES string of the molecule is CCC(NCC(C)(O)CC)c1ccc(Br)cc1. The topological polar surface area (TPSA) is 32.3 Å². The fourth-order valence-corrected chi connectivity index (χ4v) is 1.93. The first-order valence-corrected chi connectivity index (χ1v) is 6.99. The summed E-state index contributed by atoms with van der Waals surface area (Å²) in [4.78, 5) is 0. The van der Waals surface area contributed by atoms with E-state index in [-0.39, 0.29) is 0 Å². The van der Waals surface area contributed by atoms with Crippen LogP contribution in [-0.4, -0.2) is 17.3 Å². The maximum absolute atomic E-state index is 9.99. The highest BCUT2D eigenvalue weighted by molar-refractivity contribution is 9.10. The zero-order valence-corrected chi connectivity index (χ0v) is 12.4. The van der Waals surface area contributed by atoms with E-state index >= 15 is 0 Å².